The van der Waals surface area contributed by atoms with Gasteiger partial charge in [0, 0.05) is 13.3 Å². The molecule has 31 heavy (non-hydrogen) atoms. The number of esters is 2. The first kappa shape index (κ1) is 25.4. The summed E-state index contributed by atoms with van der Waals surface area (Å²) in [6, 6.07) is 0. The van der Waals surface area contributed by atoms with Crippen LogP contribution in [0.15, 0.2) is 23.3 Å². The van der Waals surface area contributed by atoms with E-state index in [1.54, 1.807) is 13.8 Å². The summed E-state index contributed by atoms with van der Waals surface area (Å²) in [5.41, 5.74) is 1.87. The lowest BCUT2D eigenvalue weighted by Gasteiger charge is -2.58. The SMILES string of the molecule is CC(=O)O[C@H](C[C@@]1(C)[C@H](C)CC[C@]2(C)C(C)=CC(=O)C[C@H]12)/C(C)=C/COC(=O)C(C)C. The Labute approximate surface area is 187 Å². The fourth-order valence-corrected chi connectivity index (χ4v) is 5.48. The van der Waals surface area contributed by atoms with E-state index in [0.717, 1.165) is 18.4 Å². The van der Waals surface area contributed by atoms with Gasteiger partial charge in [0.2, 0.25) is 0 Å². The molecule has 174 valence electrons. The normalized spacial score (nSPS) is 32.2. The molecule has 1 fully saturated rings. The maximum atomic E-state index is 12.5. The smallest absolute Gasteiger partial charge is 0.308 e. The predicted octanol–water partition coefficient (Wildman–Crippen LogP) is 5.43. The van der Waals surface area contributed by atoms with Crippen molar-refractivity contribution in [3.05, 3.63) is 23.3 Å². The molecule has 2 aliphatic carbocycles. The monoisotopic (exact) mass is 432 g/mol. The van der Waals surface area contributed by atoms with E-state index in [1.807, 2.05) is 19.1 Å². The van der Waals surface area contributed by atoms with Gasteiger partial charge in [0.25, 0.3) is 0 Å². The lowest BCUT2D eigenvalue weighted by Crippen LogP contribution is -2.52. The van der Waals surface area contributed by atoms with Gasteiger partial charge in [-0.2, -0.15) is 0 Å². The maximum Gasteiger partial charge on any atom is 0.308 e. The van der Waals surface area contributed by atoms with Crippen LogP contribution in [0.4, 0.5) is 0 Å². The number of allylic oxidation sites excluding steroid dienone is 2. The van der Waals surface area contributed by atoms with Crippen molar-refractivity contribution in [2.24, 2.45) is 28.6 Å². The molecule has 5 nitrogen and oxygen atoms in total. The van der Waals surface area contributed by atoms with Gasteiger partial charge < -0.3 is 9.47 Å². The van der Waals surface area contributed by atoms with Crippen LogP contribution in [-0.2, 0) is 23.9 Å². The Kier molecular flexibility index (Phi) is 7.94. The molecule has 0 aliphatic heterocycles. The molecule has 0 saturated heterocycles. The highest BCUT2D eigenvalue weighted by atomic mass is 16.5. The Bertz CT molecular complexity index is 777. The van der Waals surface area contributed by atoms with Gasteiger partial charge >= 0.3 is 11.9 Å². The third-order valence-corrected chi connectivity index (χ3v) is 8.01. The van der Waals surface area contributed by atoms with Gasteiger partial charge in [-0.15, -0.1) is 0 Å². The van der Waals surface area contributed by atoms with Crippen molar-refractivity contribution < 1.29 is 23.9 Å². The highest BCUT2D eigenvalue weighted by Crippen LogP contribution is 2.61. The van der Waals surface area contributed by atoms with Crippen LogP contribution in [-0.4, -0.2) is 30.4 Å². The molecular weight excluding hydrogens is 392 g/mol. The number of ether oxygens (including phenoxy) is 2. The molecule has 0 heterocycles. The second-order valence-electron chi connectivity index (χ2n) is 10.4. The highest BCUT2D eigenvalue weighted by Gasteiger charge is 2.55. The first-order valence-corrected chi connectivity index (χ1v) is 11.5. The standard InChI is InChI=1S/C26H40O5/c1-16(2)24(29)30-12-10-17(3)22(31-20(6)27)15-26(8)18(4)9-11-25(7)19(5)13-21(28)14-23(25)26/h10,13,16,18,22-23H,9,11-12,14-15H2,1-8H3/b17-10+/t18-,22-,23+,25-,26+/m1/s1. The van der Waals surface area contributed by atoms with E-state index < -0.39 is 6.10 Å². The van der Waals surface area contributed by atoms with E-state index in [2.05, 4.69) is 27.7 Å². The van der Waals surface area contributed by atoms with E-state index in [4.69, 9.17) is 9.47 Å². The van der Waals surface area contributed by atoms with E-state index in [-0.39, 0.29) is 47.0 Å². The summed E-state index contributed by atoms with van der Waals surface area (Å²) in [7, 11) is 0. The molecule has 2 rings (SSSR count). The molecule has 0 radical (unpaired) electrons. The lowest BCUT2D eigenvalue weighted by atomic mass is 9.46. The van der Waals surface area contributed by atoms with E-state index in [1.165, 1.54) is 12.5 Å². The summed E-state index contributed by atoms with van der Waals surface area (Å²) < 4.78 is 11.0. The van der Waals surface area contributed by atoms with Crippen LogP contribution in [0, 0.1) is 28.6 Å². The van der Waals surface area contributed by atoms with Crippen molar-refractivity contribution in [3.8, 4) is 0 Å². The second-order valence-corrected chi connectivity index (χ2v) is 10.4. The first-order valence-electron chi connectivity index (χ1n) is 11.5. The molecular formula is C26H40O5. The number of ketones is 1. The van der Waals surface area contributed by atoms with E-state index in [9.17, 15) is 14.4 Å². The Balaban J connectivity index is 2.31. The number of hydrogen-bond acceptors (Lipinski definition) is 5. The minimum atomic E-state index is -0.411. The van der Waals surface area contributed by atoms with Gasteiger partial charge in [-0.3, -0.25) is 14.4 Å². The molecule has 0 unspecified atom stereocenters. The molecule has 0 N–H and O–H groups in total. The second kappa shape index (κ2) is 9.70. The van der Waals surface area contributed by atoms with Gasteiger partial charge in [0.05, 0.1) is 5.92 Å². The average molecular weight is 433 g/mol. The van der Waals surface area contributed by atoms with Crippen LogP contribution in [0.1, 0.15) is 81.1 Å². The van der Waals surface area contributed by atoms with Crippen molar-refractivity contribution in [3.63, 3.8) is 0 Å². The minimum absolute atomic E-state index is 0.0135. The maximum absolute atomic E-state index is 12.5. The molecule has 0 amide bonds. The van der Waals surface area contributed by atoms with Gasteiger partial charge in [-0.1, -0.05) is 40.2 Å². The number of hydrogen-bond donors (Lipinski definition) is 0. The van der Waals surface area contributed by atoms with Crippen molar-refractivity contribution >= 4 is 17.7 Å². The van der Waals surface area contributed by atoms with Crippen molar-refractivity contribution in [2.75, 3.05) is 6.61 Å². The molecule has 0 bridgehead atoms. The van der Waals surface area contributed by atoms with Crippen LogP contribution < -0.4 is 0 Å². The largest absolute Gasteiger partial charge is 0.461 e. The number of rotatable bonds is 7. The average Bonchev–Trinajstić information content (AvgIpc) is 2.66. The van der Waals surface area contributed by atoms with Crippen molar-refractivity contribution in [1.29, 1.82) is 0 Å². The van der Waals surface area contributed by atoms with Crippen LogP contribution in [0.2, 0.25) is 0 Å². The number of fused-ring (bicyclic) bond motifs is 1. The van der Waals surface area contributed by atoms with E-state index >= 15 is 0 Å². The Morgan fingerprint density at radius 3 is 2.48 bits per heavy atom. The fourth-order valence-electron chi connectivity index (χ4n) is 5.48. The van der Waals surface area contributed by atoms with Crippen molar-refractivity contribution in [2.45, 2.75) is 87.2 Å². The Morgan fingerprint density at radius 1 is 1.26 bits per heavy atom. The van der Waals surface area contributed by atoms with Crippen LogP contribution in [0.5, 0.6) is 0 Å². The minimum Gasteiger partial charge on any atom is -0.461 e. The zero-order valence-electron chi connectivity index (χ0n) is 20.5. The van der Waals surface area contributed by atoms with Crippen LogP contribution >= 0.6 is 0 Å². The fraction of sp³-hybridized carbons (Fsp3) is 0.731. The molecule has 0 aromatic heterocycles. The van der Waals surface area contributed by atoms with Gasteiger partial charge in [0.1, 0.15) is 12.7 Å². The van der Waals surface area contributed by atoms with Crippen LogP contribution in [0.25, 0.3) is 0 Å². The molecule has 5 heteroatoms. The van der Waals surface area contributed by atoms with Gasteiger partial charge in [0.15, 0.2) is 5.78 Å². The topological polar surface area (TPSA) is 69.7 Å². The van der Waals surface area contributed by atoms with Crippen LogP contribution in [0.3, 0.4) is 0 Å². The molecule has 5 atom stereocenters. The molecule has 0 aromatic carbocycles. The summed E-state index contributed by atoms with van der Waals surface area (Å²) >= 11 is 0. The zero-order valence-corrected chi connectivity index (χ0v) is 20.5. The zero-order chi connectivity index (χ0) is 23.6. The highest BCUT2D eigenvalue weighted by molar-refractivity contribution is 5.92. The third kappa shape index (κ3) is 5.48. The summed E-state index contributed by atoms with van der Waals surface area (Å²) in [5, 5.41) is 0. The third-order valence-electron chi connectivity index (χ3n) is 8.01. The van der Waals surface area contributed by atoms with Gasteiger partial charge in [-0.25, -0.2) is 0 Å². The number of carbonyl (C=O) groups is 3. The number of carbonyl (C=O) groups excluding carboxylic acids is 3. The summed E-state index contributed by atoms with van der Waals surface area (Å²) in [4.78, 5) is 36.2. The van der Waals surface area contributed by atoms with E-state index in [0.29, 0.717) is 18.8 Å². The summed E-state index contributed by atoms with van der Waals surface area (Å²) in [6.45, 7) is 16.0. The molecule has 1 saturated carbocycles. The summed E-state index contributed by atoms with van der Waals surface area (Å²) in [5.74, 6) is 0.0250. The molecule has 2 aliphatic rings. The lowest BCUT2D eigenvalue weighted by molar-refractivity contribution is -0.150. The van der Waals surface area contributed by atoms with Gasteiger partial charge in [-0.05, 0) is 73.5 Å². The molecule has 0 aromatic rings. The Morgan fingerprint density at radius 2 is 1.90 bits per heavy atom. The Hall–Kier alpha value is -1.91. The predicted molar refractivity (Wildman–Crippen MR) is 121 cm³/mol. The first-order chi connectivity index (χ1) is 14.3. The summed E-state index contributed by atoms with van der Waals surface area (Å²) in [6.07, 6.45) is 6.58. The quantitative estimate of drug-likeness (QED) is 0.396. The molecule has 0 spiro atoms. The van der Waals surface area contributed by atoms with Crippen molar-refractivity contribution in [1.82, 2.24) is 0 Å².